The molecule has 1 aliphatic heterocycles. The highest BCUT2D eigenvalue weighted by Crippen LogP contribution is 2.62. The fourth-order valence-corrected chi connectivity index (χ4v) is 9.62. The maximum Gasteiger partial charge on any atom is 0.160 e. The summed E-state index contributed by atoms with van der Waals surface area (Å²) < 4.78 is 6.85. The number of nitrogens with zero attached hydrogens (tertiary/aromatic N) is 2. The van der Waals surface area contributed by atoms with Gasteiger partial charge in [0, 0.05) is 33.2 Å². The molecule has 11 rings (SSSR count). The maximum absolute atomic E-state index is 6.85. The van der Waals surface area contributed by atoms with Crippen molar-refractivity contribution in [3.8, 4) is 56.5 Å². The zero-order valence-corrected chi connectivity index (χ0v) is 29.7. The molecule has 252 valence electrons. The number of fused-ring (bicyclic) bond motifs is 11. The van der Waals surface area contributed by atoms with E-state index in [-0.39, 0.29) is 5.41 Å². The van der Waals surface area contributed by atoms with Crippen LogP contribution in [0.15, 0.2) is 163 Å². The minimum Gasteiger partial charge on any atom is -0.457 e. The van der Waals surface area contributed by atoms with E-state index < -0.39 is 5.41 Å². The average Bonchev–Trinajstić information content (AvgIpc) is 3.63. The van der Waals surface area contributed by atoms with Crippen LogP contribution in [0.2, 0.25) is 0 Å². The summed E-state index contributed by atoms with van der Waals surface area (Å²) in [4.78, 5) is 10.5. The fourth-order valence-electron chi connectivity index (χ4n) is 9.62. The van der Waals surface area contributed by atoms with Crippen LogP contribution in [0.4, 0.5) is 0 Å². The van der Waals surface area contributed by atoms with Crippen LogP contribution in [-0.2, 0) is 10.8 Å². The summed E-state index contributed by atoms with van der Waals surface area (Å²) in [7, 11) is 0. The number of aromatic nitrogens is 2. The summed E-state index contributed by atoms with van der Waals surface area (Å²) in [6.45, 7) is 4.65. The standard InChI is InChI=1S/C50H36N2O/c1-49(2)38-19-9-6-16-34(38)37-26-24-32(28-43(37)49)45-30-44(31-14-4-3-5-15-31)51-48(52-45)33-25-27-42-47(29-33)53-46-23-13-12-22-41(46)50(42)39-20-10-7-17-35(39)36-18-8-11-21-40(36)50/h3-7,9-17,19-30H,8,18H2,1-2H3. The molecule has 1 spiro atoms. The third-order valence-corrected chi connectivity index (χ3v) is 12.1. The van der Waals surface area contributed by atoms with Crippen molar-refractivity contribution in [2.45, 2.75) is 37.5 Å². The molecule has 53 heavy (non-hydrogen) atoms. The lowest BCUT2D eigenvalue weighted by atomic mass is 9.64. The SMILES string of the molecule is CC1(C)c2ccccc2-c2ccc(-c3cc(-c4ccccc4)nc(-c4ccc5c(c4)Oc4ccccc4C54C5=C(CCC=C5)c5ccccc54)n3)cc21. The van der Waals surface area contributed by atoms with E-state index in [1.807, 2.05) is 6.07 Å². The van der Waals surface area contributed by atoms with Crippen LogP contribution in [-0.4, -0.2) is 9.97 Å². The van der Waals surface area contributed by atoms with Crippen LogP contribution >= 0.6 is 0 Å². The molecule has 1 unspecified atom stereocenters. The average molecular weight is 681 g/mol. The van der Waals surface area contributed by atoms with Crippen LogP contribution in [0.5, 0.6) is 11.5 Å². The lowest BCUT2D eigenvalue weighted by molar-refractivity contribution is 0.436. The second-order valence-corrected chi connectivity index (χ2v) is 15.2. The first-order valence-corrected chi connectivity index (χ1v) is 18.6. The molecule has 3 aliphatic carbocycles. The van der Waals surface area contributed by atoms with E-state index in [0.717, 1.165) is 58.0 Å². The van der Waals surface area contributed by atoms with Crippen molar-refractivity contribution in [1.29, 1.82) is 0 Å². The number of rotatable bonds is 3. The van der Waals surface area contributed by atoms with Crippen molar-refractivity contribution in [1.82, 2.24) is 9.97 Å². The van der Waals surface area contributed by atoms with Crippen molar-refractivity contribution in [3.05, 3.63) is 197 Å². The van der Waals surface area contributed by atoms with E-state index in [1.165, 1.54) is 50.1 Å². The monoisotopic (exact) mass is 680 g/mol. The van der Waals surface area contributed by atoms with Gasteiger partial charge in [0.15, 0.2) is 5.82 Å². The predicted molar refractivity (Wildman–Crippen MR) is 214 cm³/mol. The molecule has 7 aromatic rings. The molecule has 2 heterocycles. The van der Waals surface area contributed by atoms with E-state index in [0.29, 0.717) is 5.82 Å². The second-order valence-electron chi connectivity index (χ2n) is 15.2. The van der Waals surface area contributed by atoms with Gasteiger partial charge in [0.05, 0.1) is 16.8 Å². The molecule has 1 atom stereocenters. The van der Waals surface area contributed by atoms with Gasteiger partial charge in [-0.15, -0.1) is 0 Å². The minimum absolute atomic E-state index is 0.107. The number of para-hydroxylation sites is 1. The summed E-state index contributed by atoms with van der Waals surface area (Å²) in [5.41, 5.74) is 17.4. The molecule has 4 aliphatic rings. The lowest BCUT2D eigenvalue weighted by Crippen LogP contribution is -2.33. The third-order valence-electron chi connectivity index (χ3n) is 12.1. The molecule has 0 fully saturated rings. The molecule has 0 saturated heterocycles. The van der Waals surface area contributed by atoms with Crippen molar-refractivity contribution < 1.29 is 4.74 Å². The van der Waals surface area contributed by atoms with Gasteiger partial charge in [0.2, 0.25) is 0 Å². The molecule has 0 amide bonds. The van der Waals surface area contributed by atoms with E-state index >= 15 is 0 Å². The Morgan fingerprint density at radius 2 is 1.17 bits per heavy atom. The lowest BCUT2D eigenvalue weighted by Gasteiger charge is -2.40. The summed E-state index contributed by atoms with van der Waals surface area (Å²) in [5, 5.41) is 0. The maximum atomic E-state index is 6.85. The molecular weight excluding hydrogens is 645 g/mol. The molecule has 6 aromatic carbocycles. The molecule has 3 heteroatoms. The normalized spacial score (nSPS) is 18.1. The number of allylic oxidation sites excluding steroid dienone is 4. The number of benzene rings is 6. The third kappa shape index (κ3) is 4.22. The van der Waals surface area contributed by atoms with Crippen LogP contribution in [0.25, 0.3) is 50.6 Å². The Morgan fingerprint density at radius 1 is 0.509 bits per heavy atom. The van der Waals surface area contributed by atoms with Crippen molar-refractivity contribution >= 4 is 5.57 Å². The van der Waals surface area contributed by atoms with Crippen LogP contribution in [0.3, 0.4) is 0 Å². The predicted octanol–water partition coefficient (Wildman–Crippen LogP) is 12.3. The van der Waals surface area contributed by atoms with Gasteiger partial charge in [-0.25, -0.2) is 9.97 Å². The summed E-state index contributed by atoms with van der Waals surface area (Å²) >= 11 is 0. The molecular formula is C50H36N2O. The Labute approximate surface area is 310 Å². The molecule has 0 saturated carbocycles. The molecule has 0 bridgehead atoms. The van der Waals surface area contributed by atoms with Crippen LogP contribution < -0.4 is 4.74 Å². The van der Waals surface area contributed by atoms with Gasteiger partial charge in [-0.1, -0.05) is 147 Å². The van der Waals surface area contributed by atoms with Gasteiger partial charge >= 0.3 is 0 Å². The van der Waals surface area contributed by atoms with E-state index in [2.05, 4.69) is 166 Å². The minimum atomic E-state index is -0.460. The summed E-state index contributed by atoms with van der Waals surface area (Å²) in [6.07, 6.45) is 6.80. The summed E-state index contributed by atoms with van der Waals surface area (Å²) in [5.74, 6) is 2.41. The zero-order valence-electron chi connectivity index (χ0n) is 29.7. The largest absolute Gasteiger partial charge is 0.457 e. The van der Waals surface area contributed by atoms with Crippen LogP contribution in [0.1, 0.15) is 60.1 Å². The second kappa shape index (κ2) is 11.1. The van der Waals surface area contributed by atoms with Gasteiger partial charge in [-0.05, 0) is 81.6 Å². The Bertz CT molecular complexity index is 2740. The highest BCUT2D eigenvalue weighted by molar-refractivity contribution is 5.91. The molecule has 3 nitrogen and oxygen atoms in total. The van der Waals surface area contributed by atoms with Gasteiger partial charge in [-0.2, -0.15) is 0 Å². The molecule has 1 aromatic heterocycles. The molecule has 0 radical (unpaired) electrons. The Kier molecular flexibility index (Phi) is 6.34. The van der Waals surface area contributed by atoms with E-state index in [9.17, 15) is 0 Å². The van der Waals surface area contributed by atoms with Crippen molar-refractivity contribution in [2.75, 3.05) is 0 Å². The first-order valence-electron chi connectivity index (χ1n) is 18.6. The van der Waals surface area contributed by atoms with Crippen molar-refractivity contribution in [3.63, 3.8) is 0 Å². The summed E-state index contributed by atoms with van der Waals surface area (Å²) in [6, 6.07) is 52.3. The van der Waals surface area contributed by atoms with Crippen molar-refractivity contribution in [2.24, 2.45) is 0 Å². The van der Waals surface area contributed by atoms with Crippen LogP contribution in [0, 0.1) is 0 Å². The topological polar surface area (TPSA) is 35.0 Å². The van der Waals surface area contributed by atoms with Gasteiger partial charge in [0.1, 0.15) is 11.5 Å². The smallest absolute Gasteiger partial charge is 0.160 e. The highest BCUT2D eigenvalue weighted by Gasteiger charge is 2.51. The van der Waals surface area contributed by atoms with Gasteiger partial charge in [-0.3, -0.25) is 0 Å². The Balaban J connectivity index is 1.10. The Morgan fingerprint density at radius 3 is 2.02 bits per heavy atom. The van der Waals surface area contributed by atoms with E-state index in [1.54, 1.807) is 0 Å². The number of hydrogen-bond donors (Lipinski definition) is 0. The number of hydrogen-bond acceptors (Lipinski definition) is 3. The zero-order chi connectivity index (χ0) is 35.3. The quantitative estimate of drug-likeness (QED) is 0.186. The highest BCUT2D eigenvalue weighted by atomic mass is 16.5. The first kappa shape index (κ1) is 30.3. The fraction of sp³-hybridized carbons (Fsp3) is 0.120. The Hall–Kier alpha value is -6.32. The van der Waals surface area contributed by atoms with E-state index in [4.69, 9.17) is 14.7 Å². The molecule has 0 N–H and O–H groups in total. The van der Waals surface area contributed by atoms with Gasteiger partial charge < -0.3 is 4.74 Å². The first-order chi connectivity index (χ1) is 26.0. The van der Waals surface area contributed by atoms with Gasteiger partial charge in [0.25, 0.3) is 0 Å². The number of ether oxygens (including phenoxy) is 1.